The largest absolute Gasteiger partial charge is 0.310 e. The Hall–Kier alpha value is -0.480. The SMILES string of the molecule is O=c1cc(CCl)nc(CSC2CCCCC2)[nH]1. The Bertz CT molecular complexity index is 415. The normalized spacial score (nSPS) is 17.2. The van der Waals surface area contributed by atoms with Gasteiger partial charge in [0.2, 0.25) is 0 Å². The number of nitrogens with zero attached hydrogens (tertiary/aromatic N) is 1. The second kappa shape index (κ2) is 6.45. The van der Waals surface area contributed by atoms with Crippen molar-refractivity contribution in [1.82, 2.24) is 9.97 Å². The van der Waals surface area contributed by atoms with Gasteiger partial charge in [0.1, 0.15) is 5.82 Å². The second-order valence-corrected chi connectivity index (χ2v) is 5.94. The van der Waals surface area contributed by atoms with Gasteiger partial charge in [0.15, 0.2) is 0 Å². The Kier molecular flexibility index (Phi) is 4.92. The van der Waals surface area contributed by atoms with Crippen LogP contribution >= 0.6 is 23.4 Å². The minimum absolute atomic E-state index is 0.102. The van der Waals surface area contributed by atoms with Crippen molar-refractivity contribution in [3.05, 3.63) is 27.9 Å². The third kappa shape index (κ3) is 4.03. The van der Waals surface area contributed by atoms with Crippen molar-refractivity contribution >= 4 is 23.4 Å². The minimum Gasteiger partial charge on any atom is -0.310 e. The molecule has 17 heavy (non-hydrogen) atoms. The highest BCUT2D eigenvalue weighted by Crippen LogP contribution is 2.29. The number of aromatic nitrogens is 2. The van der Waals surface area contributed by atoms with Gasteiger partial charge in [0, 0.05) is 11.3 Å². The third-order valence-electron chi connectivity index (χ3n) is 2.99. The molecule has 0 amide bonds. The maximum absolute atomic E-state index is 11.4. The summed E-state index contributed by atoms with van der Waals surface area (Å²) in [6.07, 6.45) is 6.63. The lowest BCUT2D eigenvalue weighted by Crippen LogP contribution is -2.13. The fraction of sp³-hybridized carbons (Fsp3) is 0.667. The first-order chi connectivity index (χ1) is 8.28. The molecule has 0 radical (unpaired) electrons. The van der Waals surface area contributed by atoms with Gasteiger partial charge in [-0.25, -0.2) is 4.98 Å². The van der Waals surface area contributed by atoms with Gasteiger partial charge in [0.05, 0.1) is 17.3 Å². The summed E-state index contributed by atoms with van der Waals surface area (Å²) < 4.78 is 0. The van der Waals surface area contributed by atoms with Crippen LogP contribution in [0.15, 0.2) is 10.9 Å². The van der Waals surface area contributed by atoms with Crippen molar-refractivity contribution < 1.29 is 0 Å². The van der Waals surface area contributed by atoms with Gasteiger partial charge >= 0.3 is 0 Å². The molecule has 0 saturated heterocycles. The fourth-order valence-corrected chi connectivity index (χ4v) is 3.46. The van der Waals surface area contributed by atoms with E-state index in [-0.39, 0.29) is 5.56 Å². The number of nitrogens with one attached hydrogen (secondary N) is 1. The van der Waals surface area contributed by atoms with Crippen LogP contribution < -0.4 is 5.56 Å². The van der Waals surface area contributed by atoms with Crippen LogP contribution in [0.2, 0.25) is 0 Å². The summed E-state index contributed by atoms with van der Waals surface area (Å²) >= 11 is 7.60. The first kappa shape index (κ1) is 13.0. The standard InChI is InChI=1S/C12H17ClN2OS/c13-7-9-6-12(16)15-11(14-9)8-17-10-4-2-1-3-5-10/h6,10H,1-5,7-8H2,(H,14,15,16). The van der Waals surface area contributed by atoms with Crippen LogP contribution in [-0.2, 0) is 11.6 Å². The molecule has 0 aliphatic heterocycles. The van der Waals surface area contributed by atoms with Crippen LogP contribution in [0.3, 0.4) is 0 Å². The van der Waals surface area contributed by atoms with Crippen molar-refractivity contribution in [3.8, 4) is 0 Å². The van der Waals surface area contributed by atoms with E-state index in [4.69, 9.17) is 11.6 Å². The van der Waals surface area contributed by atoms with E-state index < -0.39 is 0 Å². The highest BCUT2D eigenvalue weighted by molar-refractivity contribution is 7.99. The lowest BCUT2D eigenvalue weighted by Gasteiger charge is -2.20. The summed E-state index contributed by atoms with van der Waals surface area (Å²) in [5.74, 6) is 1.83. The lowest BCUT2D eigenvalue weighted by atomic mass is 10.0. The van der Waals surface area contributed by atoms with E-state index in [1.165, 1.54) is 38.2 Å². The van der Waals surface area contributed by atoms with Crippen LogP contribution in [0.4, 0.5) is 0 Å². The number of aromatic amines is 1. The molecule has 1 heterocycles. The molecule has 1 fully saturated rings. The molecule has 3 nitrogen and oxygen atoms in total. The van der Waals surface area contributed by atoms with Crippen LogP contribution in [0, 0.1) is 0 Å². The van der Waals surface area contributed by atoms with Crippen molar-refractivity contribution in [2.45, 2.75) is 49.0 Å². The number of rotatable bonds is 4. The zero-order valence-electron chi connectivity index (χ0n) is 9.75. The maximum Gasteiger partial charge on any atom is 0.251 e. The topological polar surface area (TPSA) is 45.8 Å². The molecule has 1 aromatic rings. The predicted octanol–water partition coefficient (Wildman–Crippen LogP) is 3.07. The Morgan fingerprint density at radius 1 is 1.41 bits per heavy atom. The fourth-order valence-electron chi connectivity index (χ4n) is 2.13. The van der Waals surface area contributed by atoms with E-state index in [1.807, 2.05) is 11.8 Å². The number of H-pyrrole nitrogens is 1. The van der Waals surface area contributed by atoms with Crippen LogP contribution in [0.25, 0.3) is 0 Å². The number of hydrogen-bond donors (Lipinski definition) is 1. The molecular formula is C12H17ClN2OS. The van der Waals surface area contributed by atoms with Gasteiger partial charge in [-0.15, -0.1) is 11.6 Å². The van der Waals surface area contributed by atoms with Gasteiger partial charge in [0.25, 0.3) is 5.56 Å². The van der Waals surface area contributed by atoms with Crippen LogP contribution in [0.5, 0.6) is 0 Å². The first-order valence-electron chi connectivity index (χ1n) is 6.04. The Labute approximate surface area is 110 Å². The van der Waals surface area contributed by atoms with Gasteiger partial charge < -0.3 is 4.98 Å². The van der Waals surface area contributed by atoms with Gasteiger partial charge in [-0.05, 0) is 12.8 Å². The van der Waals surface area contributed by atoms with Crippen LogP contribution in [-0.4, -0.2) is 15.2 Å². The lowest BCUT2D eigenvalue weighted by molar-refractivity contribution is 0.516. The number of alkyl halides is 1. The molecular weight excluding hydrogens is 256 g/mol. The van der Waals surface area contributed by atoms with Crippen molar-refractivity contribution in [3.63, 3.8) is 0 Å². The summed E-state index contributed by atoms with van der Waals surface area (Å²) in [6.45, 7) is 0. The molecule has 1 aliphatic rings. The summed E-state index contributed by atoms with van der Waals surface area (Å²) in [6, 6.07) is 1.46. The van der Waals surface area contributed by atoms with E-state index in [0.29, 0.717) is 11.6 Å². The molecule has 2 rings (SSSR count). The zero-order chi connectivity index (χ0) is 12.1. The summed E-state index contributed by atoms with van der Waals surface area (Å²) in [5, 5.41) is 0.730. The molecule has 0 atom stereocenters. The van der Waals surface area contributed by atoms with Crippen LogP contribution in [0.1, 0.15) is 43.6 Å². The molecule has 1 aromatic heterocycles. The summed E-state index contributed by atoms with van der Waals surface area (Å²) in [4.78, 5) is 18.5. The quantitative estimate of drug-likeness (QED) is 0.857. The second-order valence-electron chi connectivity index (χ2n) is 4.39. The maximum atomic E-state index is 11.4. The summed E-state index contributed by atoms with van der Waals surface area (Å²) in [7, 11) is 0. The van der Waals surface area contributed by atoms with E-state index in [0.717, 1.165) is 16.8 Å². The average molecular weight is 273 g/mol. The number of hydrogen-bond acceptors (Lipinski definition) is 3. The molecule has 5 heteroatoms. The van der Waals surface area contributed by atoms with Crippen molar-refractivity contribution in [2.75, 3.05) is 0 Å². The number of halogens is 1. The molecule has 0 aromatic carbocycles. The van der Waals surface area contributed by atoms with Crippen molar-refractivity contribution in [2.24, 2.45) is 0 Å². The molecule has 0 spiro atoms. The molecule has 1 aliphatic carbocycles. The Morgan fingerprint density at radius 3 is 2.88 bits per heavy atom. The van der Waals surface area contributed by atoms with E-state index >= 15 is 0 Å². The predicted molar refractivity (Wildman–Crippen MR) is 72.6 cm³/mol. The molecule has 94 valence electrons. The van der Waals surface area contributed by atoms with Crippen molar-refractivity contribution in [1.29, 1.82) is 0 Å². The van der Waals surface area contributed by atoms with E-state index in [2.05, 4.69) is 9.97 Å². The monoisotopic (exact) mass is 272 g/mol. The van der Waals surface area contributed by atoms with Gasteiger partial charge in [-0.2, -0.15) is 11.8 Å². The average Bonchev–Trinajstić information content (AvgIpc) is 2.37. The molecule has 0 bridgehead atoms. The van der Waals surface area contributed by atoms with Gasteiger partial charge in [-0.1, -0.05) is 19.3 Å². The molecule has 1 N–H and O–H groups in total. The summed E-state index contributed by atoms with van der Waals surface area (Å²) in [5.41, 5.74) is 0.560. The first-order valence-corrected chi connectivity index (χ1v) is 7.63. The van der Waals surface area contributed by atoms with E-state index in [1.54, 1.807) is 0 Å². The number of thioether (sulfide) groups is 1. The minimum atomic E-state index is -0.102. The Morgan fingerprint density at radius 2 is 2.18 bits per heavy atom. The smallest absolute Gasteiger partial charge is 0.251 e. The zero-order valence-corrected chi connectivity index (χ0v) is 11.3. The highest BCUT2D eigenvalue weighted by Gasteiger charge is 2.14. The molecule has 1 saturated carbocycles. The third-order valence-corrected chi connectivity index (χ3v) is 4.65. The molecule has 0 unspecified atom stereocenters. The van der Waals surface area contributed by atoms with E-state index in [9.17, 15) is 4.79 Å². The van der Waals surface area contributed by atoms with Gasteiger partial charge in [-0.3, -0.25) is 4.79 Å². The highest BCUT2D eigenvalue weighted by atomic mass is 35.5. The Balaban J connectivity index is 1.93.